The number of hydrogen-bond donors (Lipinski definition) is 2. The minimum Gasteiger partial charge on any atom is -0.481 e. The molecule has 0 unspecified atom stereocenters. The van der Waals surface area contributed by atoms with Gasteiger partial charge in [0.2, 0.25) is 5.91 Å². The van der Waals surface area contributed by atoms with Gasteiger partial charge in [-0.15, -0.1) is 0 Å². The molecule has 0 aromatic heterocycles. The molecule has 1 rings (SSSR count). The smallest absolute Gasteiger partial charge is 0.309 e. The predicted octanol–water partition coefficient (Wildman–Crippen LogP) is 2.57. The summed E-state index contributed by atoms with van der Waals surface area (Å²) in [6.07, 6.45) is 5.95. The molecular weight excluding hydrogens is 230 g/mol. The Morgan fingerprint density at radius 1 is 1.28 bits per heavy atom. The van der Waals surface area contributed by atoms with Gasteiger partial charge in [-0.2, -0.15) is 0 Å². The van der Waals surface area contributed by atoms with Gasteiger partial charge < -0.3 is 10.4 Å². The van der Waals surface area contributed by atoms with Crippen LogP contribution in [0, 0.1) is 10.8 Å². The molecule has 0 spiro atoms. The summed E-state index contributed by atoms with van der Waals surface area (Å²) >= 11 is 0. The van der Waals surface area contributed by atoms with E-state index in [1.54, 1.807) is 13.8 Å². The highest BCUT2D eigenvalue weighted by Crippen LogP contribution is 2.40. The molecule has 4 nitrogen and oxygen atoms in total. The Morgan fingerprint density at radius 2 is 1.83 bits per heavy atom. The van der Waals surface area contributed by atoms with Crippen LogP contribution in [0.15, 0.2) is 0 Å². The van der Waals surface area contributed by atoms with Crippen molar-refractivity contribution in [3.05, 3.63) is 0 Å². The largest absolute Gasteiger partial charge is 0.481 e. The summed E-state index contributed by atoms with van der Waals surface area (Å²) in [6.45, 7) is 6.02. The summed E-state index contributed by atoms with van der Waals surface area (Å²) in [6, 6.07) is 0. The molecule has 0 aliphatic heterocycles. The number of hydrogen-bond acceptors (Lipinski definition) is 2. The molecular formula is C14H25NO3. The molecule has 0 heterocycles. The second-order valence-corrected chi connectivity index (χ2v) is 6.20. The van der Waals surface area contributed by atoms with E-state index in [2.05, 4.69) is 12.2 Å². The van der Waals surface area contributed by atoms with E-state index in [0.717, 1.165) is 6.42 Å². The number of amides is 1. The fourth-order valence-electron chi connectivity index (χ4n) is 2.61. The molecule has 104 valence electrons. The summed E-state index contributed by atoms with van der Waals surface area (Å²) in [5.74, 6) is -1.08. The molecule has 1 saturated carbocycles. The van der Waals surface area contributed by atoms with Crippen LogP contribution in [0.3, 0.4) is 0 Å². The van der Waals surface area contributed by atoms with Gasteiger partial charge in [-0.3, -0.25) is 9.59 Å². The molecule has 18 heavy (non-hydrogen) atoms. The zero-order valence-electron chi connectivity index (χ0n) is 11.7. The summed E-state index contributed by atoms with van der Waals surface area (Å²) in [5, 5.41) is 11.9. The van der Waals surface area contributed by atoms with Crippen molar-refractivity contribution in [2.75, 3.05) is 6.54 Å². The summed E-state index contributed by atoms with van der Waals surface area (Å²) in [5.41, 5.74) is -0.734. The summed E-state index contributed by atoms with van der Waals surface area (Å²) in [4.78, 5) is 22.8. The minimum atomic E-state index is -0.987. The molecule has 2 N–H and O–H groups in total. The monoisotopic (exact) mass is 255 g/mol. The third-order valence-corrected chi connectivity index (χ3v) is 4.26. The van der Waals surface area contributed by atoms with E-state index >= 15 is 0 Å². The molecule has 0 radical (unpaired) electrons. The van der Waals surface area contributed by atoms with Crippen LogP contribution in [0.25, 0.3) is 0 Å². The van der Waals surface area contributed by atoms with E-state index in [0.29, 0.717) is 6.54 Å². The number of carbonyl (C=O) groups is 2. The van der Waals surface area contributed by atoms with Crippen LogP contribution >= 0.6 is 0 Å². The van der Waals surface area contributed by atoms with Crippen LogP contribution in [0.4, 0.5) is 0 Å². The number of carboxylic acids is 1. The molecule has 0 atom stereocenters. The maximum Gasteiger partial charge on any atom is 0.309 e. The Kier molecular flexibility index (Phi) is 4.77. The molecule has 0 bridgehead atoms. The Bertz CT molecular complexity index is 317. The molecule has 1 aliphatic rings. The molecule has 4 heteroatoms. The average molecular weight is 255 g/mol. The zero-order chi connectivity index (χ0) is 13.8. The van der Waals surface area contributed by atoms with Crippen molar-refractivity contribution >= 4 is 11.9 Å². The maximum atomic E-state index is 11.8. The maximum absolute atomic E-state index is 11.8. The van der Waals surface area contributed by atoms with Gasteiger partial charge in [-0.05, 0) is 38.5 Å². The number of nitrogens with one attached hydrogen (secondary N) is 1. The Labute approximate surface area is 109 Å². The van der Waals surface area contributed by atoms with Crippen molar-refractivity contribution in [2.24, 2.45) is 10.8 Å². The molecule has 1 fully saturated rings. The first-order valence-electron chi connectivity index (χ1n) is 6.81. The fourth-order valence-corrected chi connectivity index (χ4v) is 2.61. The third kappa shape index (κ3) is 3.72. The van der Waals surface area contributed by atoms with Crippen molar-refractivity contribution in [1.29, 1.82) is 0 Å². The topological polar surface area (TPSA) is 66.4 Å². The zero-order valence-corrected chi connectivity index (χ0v) is 11.7. The SMILES string of the molecule is CCC1(CNC(=O)CC(C)(C)C(=O)O)CCCC1. The highest BCUT2D eigenvalue weighted by Gasteiger charge is 2.34. The summed E-state index contributed by atoms with van der Waals surface area (Å²) < 4.78 is 0. The number of aliphatic carboxylic acids is 1. The van der Waals surface area contributed by atoms with E-state index in [4.69, 9.17) is 5.11 Å². The van der Waals surface area contributed by atoms with Crippen LogP contribution < -0.4 is 5.32 Å². The van der Waals surface area contributed by atoms with Gasteiger partial charge in [-0.1, -0.05) is 19.8 Å². The van der Waals surface area contributed by atoms with Gasteiger partial charge >= 0.3 is 5.97 Å². The second kappa shape index (κ2) is 5.72. The van der Waals surface area contributed by atoms with Gasteiger partial charge in [0.15, 0.2) is 0 Å². The number of rotatable bonds is 6. The highest BCUT2D eigenvalue weighted by molar-refractivity contribution is 5.84. The first-order chi connectivity index (χ1) is 8.31. The van der Waals surface area contributed by atoms with E-state index in [9.17, 15) is 9.59 Å². The van der Waals surface area contributed by atoms with Crippen molar-refractivity contribution in [2.45, 2.75) is 59.3 Å². The van der Waals surface area contributed by atoms with Gasteiger partial charge in [0.25, 0.3) is 0 Å². The average Bonchev–Trinajstić information content (AvgIpc) is 2.75. The van der Waals surface area contributed by atoms with Gasteiger partial charge in [0.1, 0.15) is 0 Å². The predicted molar refractivity (Wildman–Crippen MR) is 70.2 cm³/mol. The Morgan fingerprint density at radius 3 is 2.28 bits per heavy atom. The van der Waals surface area contributed by atoms with Crippen LogP contribution in [-0.4, -0.2) is 23.5 Å². The first-order valence-corrected chi connectivity index (χ1v) is 6.81. The van der Waals surface area contributed by atoms with Crippen LogP contribution in [0.1, 0.15) is 59.3 Å². The van der Waals surface area contributed by atoms with Gasteiger partial charge in [0.05, 0.1) is 5.41 Å². The number of carbonyl (C=O) groups excluding carboxylic acids is 1. The van der Waals surface area contributed by atoms with Gasteiger partial charge in [-0.25, -0.2) is 0 Å². The Hall–Kier alpha value is -1.06. The molecule has 0 aromatic carbocycles. The van der Waals surface area contributed by atoms with E-state index in [-0.39, 0.29) is 17.7 Å². The highest BCUT2D eigenvalue weighted by atomic mass is 16.4. The van der Waals surface area contributed by atoms with E-state index in [1.165, 1.54) is 25.7 Å². The quantitative estimate of drug-likeness (QED) is 0.766. The van der Waals surface area contributed by atoms with Crippen molar-refractivity contribution in [3.8, 4) is 0 Å². The standard InChI is InChI=1S/C14H25NO3/c1-4-14(7-5-6-8-14)10-15-11(16)9-13(2,3)12(17)18/h4-10H2,1-3H3,(H,15,16)(H,17,18). The van der Waals surface area contributed by atoms with Crippen LogP contribution in [0.2, 0.25) is 0 Å². The van der Waals surface area contributed by atoms with Crippen LogP contribution in [0.5, 0.6) is 0 Å². The lowest BCUT2D eigenvalue weighted by molar-refractivity contribution is -0.149. The lowest BCUT2D eigenvalue weighted by Crippen LogP contribution is -2.39. The molecule has 1 aliphatic carbocycles. The van der Waals surface area contributed by atoms with E-state index in [1.807, 2.05) is 0 Å². The molecule has 0 saturated heterocycles. The second-order valence-electron chi connectivity index (χ2n) is 6.20. The summed E-state index contributed by atoms with van der Waals surface area (Å²) in [7, 11) is 0. The van der Waals surface area contributed by atoms with Crippen molar-refractivity contribution in [3.63, 3.8) is 0 Å². The lowest BCUT2D eigenvalue weighted by Gasteiger charge is -2.28. The van der Waals surface area contributed by atoms with Crippen molar-refractivity contribution < 1.29 is 14.7 Å². The van der Waals surface area contributed by atoms with Crippen LogP contribution in [-0.2, 0) is 9.59 Å². The molecule has 1 amide bonds. The third-order valence-electron chi connectivity index (χ3n) is 4.26. The minimum absolute atomic E-state index is 0.0438. The van der Waals surface area contributed by atoms with E-state index < -0.39 is 11.4 Å². The normalized spacial score (nSPS) is 18.6. The fraction of sp³-hybridized carbons (Fsp3) is 0.857. The number of carboxylic acid groups (broad SMARTS) is 1. The van der Waals surface area contributed by atoms with Gasteiger partial charge in [0, 0.05) is 13.0 Å². The van der Waals surface area contributed by atoms with Crippen molar-refractivity contribution in [1.82, 2.24) is 5.32 Å². The molecule has 0 aromatic rings. The lowest BCUT2D eigenvalue weighted by atomic mass is 9.83. The Balaban J connectivity index is 2.44. The first kappa shape index (κ1) is 15.0.